The lowest BCUT2D eigenvalue weighted by Gasteiger charge is -2.25. The zero-order chi connectivity index (χ0) is 11.4. The summed E-state index contributed by atoms with van der Waals surface area (Å²) in [6, 6.07) is -0.00451. The standard InChI is InChI=1S/C10H22N2O2/c1-7(6-8(2)13)12-9(14)10(3,4)11-5/h7-8,11,13H,6H2,1-5H3,(H,12,14). The van der Waals surface area contributed by atoms with Crippen LogP contribution in [-0.2, 0) is 4.79 Å². The van der Waals surface area contributed by atoms with Crippen molar-refractivity contribution < 1.29 is 9.90 Å². The molecule has 0 aliphatic heterocycles. The van der Waals surface area contributed by atoms with Gasteiger partial charge in [0.15, 0.2) is 0 Å². The van der Waals surface area contributed by atoms with Crippen molar-refractivity contribution in [1.29, 1.82) is 0 Å². The normalized spacial score (nSPS) is 16.1. The van der Waals surface area contributed by atoms with E-state index in [2.05, 4.69) is 10.6 Å². The maximum atomic E-state index is 11.6. The fourth-order valence-electron chi connectivity index (χ4n) is 1.09. The molecule has 0 saturated carbocycles. The lowest BCUT2D eigenvalue weighted by Crippen LogP contribution is -2.53. The van der Waals surface area contributed by atoms with Crippen molar-refractivity contribution in [1.82, 2.24) is 10.6 Å². The third kappa shape index (κ3) is 4.58. The van der Waals surface area contributed by atoms with E-state index in [1.807, 2.05) is 20.8 Å². The molecular formula is C10H22N2O2. The average molecular weight is 202 g/mol. The van der Waals surface area contributed by atoms with Crippen LogP contribution in [0.4, 0.5) is 0 Å². The molecule has 0 spiro atoms. The Morgan fingerprint density at radius 3 is 2.29 bits per heavy atom. The van der Waals surface area contributed by atoms with E-state index in [1.54, 1.807) is 14.0 Å². The summed E-state index contributed by atoms with van der Waals surface area (Å²) >= 11 is 0. The molecule has 0 aromatic heterocycles. The predicted molar refractivity (Wildman–Crippen MR) is 57.0 cm³/mol. The van der Waals surface area contributed by atoms with Gasteiger partial charge in [-0.05, 0) is 41.2 Å². The van der Waals surface area contributed by atoms with Gasteiger partial charge in [0, 0.05) is 6.04 Å². The number of hydrogen-bond donors (Lipinski definition) is 3. The Morgan fingerprint density at radius 2 is 1.93 bits per heavy atom. The van der Waals surface area contributed by atoms with E-state index in [0.29, 0.717) is 6.42 Å². The number of amides is 1. The minimum Gasteiger partial charge on any atom is -0.393 e. The molecule has 4 heteroatoms. The molecule has 0 aliphatic carbocycles. The van der Waals surface area contributed by atoms with Crippen molar-refractivity contribution >= 4 is 5.91 Å². The van der Waals surface area contributed by atoms with Gasteiger partial charge in [-0.1, -0.05) is 0 Å². The molecule has 0 fully saturated rings. The third-order valence-corrected chi connectivity index (χ3v) is 2.26. The van der Waals surface area contributed by atoms with Crippen LogP contribution < -0.4 is 10.6 Å². The summed E-state index contributed by atoms with van der Waals surface area (Å²) in [4.78, 5) is 11.6. The van der Waals surface area contributed by atoms with Crippen LogP contribution in [-0.4, -0.2) is 35.7 Å². The number of hydrogen-bond acceptors (Lipinski definition) is 3. The Bertz CT molecular complexity index is 191. The minimum absolute atomic E-state index is 0.00451. The SMILES string of the molecule is CNC(C)(C)C(=O)NC(C)CC(C)O. The van der Waals surface area contributed by atoms with Gasteiger partial charge in [-0.3, -0.25) is 4.79 Å². The Labute approximate surface area is 86.1 Å². The van der Waals surface area contributed by atoms with Gasteiger partial charge in [0.05, 0.1) is 11.6 Å². The van der Waals surface area contributed by atoms with E-state index < -0.39 is 5.54 Å². The van der Waals surface area contributed by atoms with Crippen LogP contribution in [0.3, 0.4) is 0 Å². The second kappa shape index (κ2) is 5.32. The molecule has 0 radical (unpaired) electrons. The van der Waals surface area contributed by atoms with E-state index >= 15 is 0 Å². The van der Waals surface area contributed by atoms with Crippen molar-refractivity contribution in [2.45, 2.75) is 51.8 Å². The van der Waals surface area contributed by atoms with Gasteiger partial charge in [0.2, 0.25) is 5.91 Å². The molecule has 0 aliphatic rings. The average Bonchev–Trinajstić information content (AvgIpc) is 2.02. The van der Waals surface area contributed by atoms with Gasteiger partial charge >= 0.3 is 0 Å². The van der Waals surface area contributed by atoms with Crippen molar-refractivity contribution in [3.63, 3.8) is 0 Å². The fourth-order valence-corrected chi connectivity index (χ4v) is 1.09. The van der Waals surface area contributed by atoms with Crippen LogP contribution >= 0.6 is 0 Å². The molecule has 0 rings (SSSR count). The van der Waals surface area contributed by atoms with Crippen molar-refractivity contribution in [2.24, 2.45) is 0 Å². The largest absolute Gasteiger partial charge is 0.393 e. The van der Waals surface area contributed by atoms with Crippen molar-refractivity contribution in [3.8, 4) is 0 Å². The second-order valence-electron chi connectivity index (χ2n) is 4.33. The maximum absolute atomic E-state index is 11.6. The lowest BCUT2D eigenvalue weighted by atomic mass is 10.0. The van der Waals surface area contributed by atoms with Gasteiger partial charge in [-0.15, -0.1) is 0 Å². The molecule has 14 heavy (non-hydrogen) atoms. The second-order valence-corrected chi connectivity index (χ2v) is 4.33. The first-order chi connectivity index (χ1) is 6.29. The molecule has 1 amide bonds. The Hall–Kier alpha value is -0.610. The zero-order valence-electron chi connectivity index (χ0n) is 9.72. The summed E-state index contributed by atoms with van der Waals surface area (Å²) in [6.07, 6.45) is 0.189. The monoisotopic (exact) mass is 202 g/mol. The molecule has 0 heterocycles. The van der Waals surface area contributed by atoms with E-state index in [-0.39, 0.29) is 18.1 Å². The lowest BCUT2D eigenvalue weighted by molar-refractivity contribution is -0.127. The topological polar surface area (TPSA) is 61.4 Å². The Kier molecular flexibility index (Phi) is 5.08. The first kappa shape index (κ1) is 13.4. The van der Waals surface area contributed by atoms with E-state index in [1.165, 1.54) is 0 Å². The van der Waals surface area contributed by atoms with Gasteiger partial charge in [0.25, 0.3) is 0 Å². The molecule has 0 aromatic carbocycles. The quantitative estimate of drug-likeness (QED) is 0.599. The van der Waals surface area contributed by atoms with Crippen LogP contribution in [0.25, 0.3) is 0 Å². The summed E-state index contributed by atoms with van der Waals surface area (Å²) in [7, 11) is 1.75. The molecule has 3 N–H and O–H groups in total. The Balaban J connectivity index is 4.06. The smallest absolute Gasteiger partial charge is 0.239 e. The first-order valence-electron chi connectivity index (χ1n) is 4.97. The molecule has 2 atom stereocenters. The van der Waals surface area contributed by atoms with Crippen molar-refractivity contribution in [3.05, 3.63) is 0 Å². The van der Waals surface area contributed by atoms with Gasteiger partial charge < -0.3 is 15.7 Å². The number of nitrogens with one attached hydrogen (secondary N) is 2. The zero-order valence-corrected chi connectivity index (χ0v) is 9.72. The highest BCUT2D eigenvalue weighted by molar-refractivity contribution is 5.85. The van der Waals surface area contributed by atoms with E-state index in [0.717, 1.165) is 0 Å². The minimum atomic E-state index is -0.563. The first-order valence-corrected chi connectivity index (χ1v) is 4.97. The number of aliphatic hydroxyl groups excluding tert-OH is 1. The number of rotatable bonds is 5. The van der Waals surface area contributed by atoms with Crippen LogP contribution in [0.15, 0.2) is 0 Å². The molecule has 0 bridgehead atoms. The summed E-state index contributed by atoms with van der Waals surface area (Å²) in [5, 5.41) is 14.9. The van der Waals surface area contributed by atoms with Crippen molar-refractivity contribution in [2.75, 3.05) is 7.05 Å². The number of aliphatic hydroxyl groups is 1. The van der Waals surface area contributed by atoms with Crippen LogP contribution in [0.2, 0.25) is 0 Å². The molecule has 0 aromatic rings. The predicted octanol–water partition coefficient (Wildman–Crippen LogP) is 0.260. The number of likely N-dealkylation sites (N-methyl/N-ethyl adjacent to an activating group) is 1. The Morgan fingerprint density at radius 1 is 1.43 bits per heavy atom. The highest BCUT2D eigenvalue weighted by Crippen LogP contribution is 2.03. The molecule has 0 saturated heterocycles. The molecule has 2 unspecified atom stereocenters. The van der Waals surface area contributed by atoms with Crippen LogP contribution in [0, 0.1) is 0 Å². The third-order valence-electron chi connectivity index (χ3n) is 2.26. The van der Waals surface area contributed by atoms with Gasteiger partial charge in [0.1, 0.15) is 0 Å². The number of carbonyl (C=O) groups is 1. The van der Waals surface area contributed by atoms with Crippen LogP contribution in [0.1, 0.15) is 34.1 Å². The van der Waals surface area contributed by atoms with E-state index in [4.69, 9.17) is 5.11 Å². The molecule has 4 nitrogen and oxygen atoms in total. The van der Waals surface area contributed by atoms with Gasteiger partial charge in [-0.25, -0.2) is 0 Å². The van der Waals surface area contributed by atoms with Gasteiger partial charge in [-0.2, -0.15) is 0 Å². The summed E-state index contributed by atoms with van der Waals surface area (Å²) < 4.78 is 0. The highest BCUT2D eigenvalue weighted by Gasteiger charge is 2.26. The van der Waals surface area contributed by atoms with Crippen LogP contribution in [0.5, 0.6) is 0 Å². The highest BCUT2D eigenvalue weighted by atomic mass is 16.3. The van der Waals surface area contributed by atoms with E-state index in [9.17, 15) is 4.79 Å². The summed E-state index contributed by atoms with van der Waals surface area (Å²) in [5.41, 5.74) is -0.563. The molecular weight excluding hydrogens is 180 g/mol. The maximum Gasteiger partial charge on any atom is 0.239 e. The number of carbonyl (C=O) groups excluding carboxylic acids is 1. The molecule has 84 valence electrons. The summed E-state index contributed by atoms with van der Waals surface area (Å²) in [5.74, 6) is -0.0480. The summed E-state index contributed by atoms with van der Waals surface area (Å²) in [6.45, 7) is 7.23. The fraction of sp³-hybridized carbons (Fsp3) is 0.900.